The third kappa shape index (κ3) is 3.32. The minimum Gasteiger partial charge on any atom is -0.389 e. The van der Waals surface area contributed by atoms with Gasteiger partial charge in [0, 0.05) is 16.0 Å². The van der Waals surface area contributed by atoms with Crippen LogP contribution in [0.2, 0.25) is 0 Å². The van der Waals surface area contributed by atoms with Crippen LogP contribution in [-0.4, -0.2) is 41.2 Å². The maximum atomic E-state index is 13.6. The second-order valence-corrected chi connectivity index (χ2v) is 8.12. The predicted octanol–water partition coefficient (Wildman–Crippen LogP) is 2.55. The molecule has 6 nitrogen and oxygen atoms in total. The topological polar surface area (TPSA) is 78.9 Å². The van der Waals surface area contributed by atoms with Crippen LogP contribution in [0.15, 0.2) is 35.7 Å². The molecular weight excluding hydrogens is 383 g/mol. The molecule has 1 fully saturated rings. The number of nitrogens with one attached hydrogen (secondary N) is 1. The second kappa shape index (κ2) is 7.62. The molecule has 2 aromatic rings. The molecule has 8 heteroatoms. The number of aliphatic hydroxyl groups is 1. The van der Waals surface area contributed by atoms with E-state index in [1.54, 1.807) is 29.5 Å². The average molecular weight is 404 g/mol. The van der Waals surface area contributed by atoms with Crippen molar-refractivity contribution in [1.29, 1.82) is 0 Å². The fourth-order valence-electron chi connectivity index (χ4n) is 3.89. The fraction of sp³-hybridized carbons (Fsp3) is 0.400. The van der Waals surface area contributed by atoms with Crippen molar-refractivity contribution in [3.8, 4) is 0 Å². The summed E-state index contributed by atoms with van der Waals surface area (Å²) >= 11 is 1.59. The molecule has 0 saturated carbocycles. The molecule has 1 aliphatic heterocycles. The minimum atomic E-state index is -1.05. The average Bonchev–Trinajstić information content (AvgIpc) is 3.24. The van der Waals surface area contributed by atoms with Crippen LogP contribution in [0.1, 0.15) is 28.8 Å². The number of ether oxygens (including phenoxy) is 1. The zero-order chi connectivity index (χ0) is 19.7. The van der Waals surface area contributed by atoms with Crippen LogP contribution in [0.5, 0.6) is 0 Å². The van der Waals surface area contributed by atoms with Gasteiger partial charge in [0.15, 0.2) is 0 Å². The van der Waals surface area contributed by atoms with E-state index in [-0.39, 0.29) is 31.5 Å². The van der Waals surface area contributed by atoms with Gasteiger partial charge in [0.1, 0.15) is 11.4 Å². The van der Waals surface area contributed by atoms with Gasteiger partial charge in [-0.15, -0.1) is 11.3 Å². The summed E-state index contributed by atoms with van der Waals surface area (Å²) in [4.78, 5) is 27.7. The Morgan fingerprint density at radius 2 is 2.14 bits per heavy atom. The van der Waals surface area contributed by atoms with Gasteiger partial charge in [-0.05, 0) is 36.8 Å². The van der Waals surface area contributed by atoms with Crippen LogP contribution in [-0.2, 0) is 28.1 Å². The molecule has 2 heterocycles. The monoisotopic (exact) mass is 404 g/mol. The van der Waals surface area contributed by atoms with Gasteiger partial charge < -0.3 is 15.2 Å². The molecule has 0 unspecified atom stereocenters. The van der Waals surface area contributed by atoms with Gasteiger partial charge in [-0.2, -0.15) is 0 Å². The molecule has 1 aromatic carbocycles. The van der Waals surface area contributed by atoms with Gasteiger partial charge in [-0.3, -0.25) is 9.69 Å². The molecule has 148 valence electrons. The Kier molecular flexibility index (Phi) is 5.18. The maximum Gasteiger partial charge on any atom is 0.325 e. The number of imide groups is 1. The van der Waals surface area contributed by atoms with Gasteiger partial charge in [-0.25, -0.2) is 9.18 Å². The molecule has 1 saturated heterocycles. The normalized spacial score (nSPS) is 22.4. The molecule has 1 aromatic heterocycles. The van der Waals surface area contributed by atoms with Gasteiger partial charge in [0.25, 0.3) is 5.91 Å². The van der Waals surface area contributed by atoms with Crippen molar-refractivity contribution in [2.75, 3.05) is 13.2 Å². The first-order valence-corrected chi connectivity index (χ1v) is 10.1. The van der Waals surface area contributed by atoms with E-state index in [1.165, 1.54) is 6.07 Å². The molecule has 2 atom stereocenters. The summed E-state index contributed by atoms with van der Waals surface area (Å²) in [6.45, 7) is -0.267. The van der Waals surface area contributed by atoms with E-state index in [9.17, 15) is 19.1 Å². The van der Waals surface area contributed by atoms with E-state index in [2.05, 4.69) is 5.32 Å². The highest BCUT2D eigenvalue weighted by molar-refractivity contribution is 7.10. The lowest BCUT2D eigenvalue weighted by Gasteiger charge is -2.31. The van der Waals surface area contributed by atoms with Crippen molar-refractivity contribution >= 4 is 23.3 Å². The van der Waals surface area contributed by atoms with Gasteiger partial charge in [0.05, 0.1) is 25.9 Å². The number of fused-ring (bicyclic) bond motifs is 2. The van der Waals surface area contributed by atoms with Crippen molar-refractivity contribution in [3.05, 3.63) is 57.5 Å². The number of amides is 3. The number of hydrogen-bond donors (Lipinski definition) is 2. The van der Waals surface area contributed by atoms with Crippen LogP contribution in [0, 0.1) is 5.82 Å². The van der Waals surface area contributed by atoms with Crippen LogP contribution < -0.4 is 5.32 Å². The highest BCUT2D eigenvalue weighted by Gasteiger charge is 2.54. The first-order chi connectivity index (χ1) is 13.5. The third-order valence-corrected chi connectivity index (χ3v) is 6.24. The van der Waals surface area contributed by atoms with Crippen LogP contribution >= 0.6 is 11.3 Å². The van der Waals surface area contributed by atoms with Crippen molar-refractivity contribution in [2.24, 2.45) is 0 Å². The molecule has 1 aliphatic carbocycles. The Balaban J connectivity index is 1.38. The molecular formula is C20H21FN2O4S. The summed E-state index contributed by atoms with van der Waals surface area (Å²) in [6, 6.07) is 7.63. The predicted molar refractivity (Wildman–Crippen MR) is 101 cm³/mol. The molecule has 3 amide bonds. The van der Waals surface area contributed by atoms with Gasteiger partial charge in [0.2, 0.25) is 0 Å². The molecule has 1 spiro atoms. The summed E-state index contributed by atoms with van der Waals surface area (Å²) in [5.74, 6) is -0.707. The summed E-state index contributed by atoms with van der Waals surface area (Å²) < 4.78 is 19.0. The fourth-order valence-corrected chi connectivity index (χ4v) is 4.89. The van der Waals surface area contributed by atoms with E-state index >= 15 is 0 Å². The number of carbonyl (C=O) groups excluding carboxylic acids is 2. The first kappa shape index (κ1) is 19.0. The number of urea groups is 1. The van der Waals surface area contributed by atoms with Crippen molar-refractivity contribution in [3.63, 3.8) is 0 Å². The number of halogens is 1. The first-order valence-electron chi connectivity index (χ1n) is 9.21. The standard InChI is InChI=1S/C20H21FN2O4S/c21-16-5-2-1-4-13(16)11-27-12-14(24)10-23-18(25)20(22-19(23)26)8-3-6-17-15(20)7-9-28-17/h1-2,4-5,7,9,14,24H,3,6,8,10-12H2,(H,22,26)/t14-,20-/m1/s1. The number of β-amino-alcohol motifs (C(OH)–C–C–N with tert-alkyl or cyclic N) is 1. The highest BCUT2D eigenvalue weighted by atomic mass is 32.1. The number of carbonyl (C=O) groups is 2. The summed E-state index contributed by atoms with van der Waals surface area (Å²) in [5, 5.41) is 15.0. The summed E-state index contributed by atoms with van der Waals surface area (Å²) in [5.41, 5.74) is 0.240. The number of rotatable bonds is 6. The van der Waals surface area contributed by atoms with Crippen LogP contribution in [0.25, 0.3) is 0 Å². The molecule has 2 aliphatic rings. The minimum absolute atomic E-state index is 0.00603. The van der Waals surface area contributed by atoms with Crippen LogP contribution in [0.4, 0.5) is 9.18 Å². The highest BCUT2D eigenvalue weighted by Crippen LogP contribution is 2.42. The van der Waals surface area contributed by atoms with E-state index in [0.29, 0.717) is 12.0 Å². The number of aryl methyl sites for hydroxylation is 1. The van der Waals surface area contributed by atoms with Crippen LogP contribution in [0.3, 0.4) is 0 Å². The molecule has 2 N–H and O–H groups in total. The molecule has 0 radical (unpaired) electrons. The lowest BCUT2D eigenvalue weighted by atomic mass is 9.80. The zero-order valence-corrected chi connectivity index (χ0v) is 16.0. The molecule has 0 bridgehead atoms. The van der Waals surface area contributed by atoms with E-state index in [4.69, 9.17) is 4.74 Å². The number of benzene rings is 1. The van der Waals surface area contributed by atoms with Crippen molar-refractivity contribution in [2.45, 2.75) is 37.5 Å². The number of thiophene rings is 1. The largest absolute Gasteiger partial charge is 0.389 e. The van der Waals surface area contributed by atoms with Crippen molar-refractivity contribution in [1.82, 2.24) is 10.2 Å². The van der Waals surface area contributed by atoms with Crippen molar-refractivity contribution < 1.29 is 23.8 Å². The van der Waals surface area contributed by atoms with Gasteiger partial charge in [-0.1, -0.05) is 18.2 Å². The Bertz CT molecular complexity index is 902. The summed E-state index contributed by atoms with van der Waals surface area (Å²) in [6.07, 6.45) is 1.23. The lowest BCUT2D eigenvalue weighted by molar-refractivity contribution is -0.133. The third-order valence-electron chi connectivity index (χ3n) is 5.26. The number of hydrogen-bond acceptors (Lipinski definition) is 5. The van der Waals surface area contributed by atoms with Gasteiger partial charge >= 0.3 is 6.03 Å². The van der Waals surface area contributed by atoms with E-state index in [0.717, 1.165) is 28.2 Å². The number of nitrogens with zero attached hydrogens (tertiary/aromatic N) is 1. The lowest BCUT2D eigenvalue weighted by Crippen LogP contribution is -2.46. The number of aliphatic hydroxyl groups excluding tert-OH is 1. The van der Waals surface area contributed by atoms with E-state index in [1.807, 2.05) is 11.4 Å². The smallest absolute Gasteiger partial charge is 0.325 e. The maximum absolute atomic E-state index is 13.6. The Morgan fingerprint density at radius 3 is 2.96 bits per heavy atom. The Morgan fingerprint density at radius 1 is 1.32 bits per heavy atom. The Labute approximate surface area is 165 Å². The Hall–Kier alpha value is -2.29. The quantitative estimate of drug-likeness (QED) is 0.726. The molecule has 28 heavy (non-hydrogen) atoms. The second-order valence-electron chi connectivity index (χ2n) is 7.12. The molecule has 4 rings (SSSR count). The summed E-state index contributed by atoms with van der Waals surface area (Å²) in [7, 11) is 0. The van der Waals surface area contributed by atoms with E-state index < -0.39 is 17.7 Å². The zero-order valence-electron chi connectivity index (χ0n) is 15.2. The SMILES string of the molecule is O=C1N[C@@]2(CCCc3sccc32)C(=O)N1C[C@@H](O)COCc1ccccc1F.